The number of nitrogens with one attached hydrogen (secondary N) is 4. The molecule has 0 radical (unpaired) electrons. The fourth-order valence-corrected chi connectivity index (χ4v) is 4.75. The smallest absolute Gasteiger partial charge is 0.266 e. The molecule has 3 amide bonds. The molecule has 0 unspecified atom stereocenters. The molecule has 9 nitrogen and oxygen atoms in total. The number of H-pyrrole nitrogens is 2. The highest BCUT2D eigenvalue weighted by Crippen LogP contribution is 2.32. The third-order valence-electron chi connectivity index (χ3n) is 5.64. The first-order chi connectivity index (χ1) is 17.1. The molecule has 0 saturated heterocycles. The Morgan fingerprint density at radius 1 is 1.11 bits per heavy atom. The first-order valence-corrected chi connectivity index (χ1v) is 12.5. The predicted molar refractivity (Wildman–Crippen MR) is 144 cm³/mol. The molecule has 0 aliphatic rings. The largest absolute Gasteiger partial charge is 0.352 e. The molecule has 188 valence electrons. The van der Waals surface area contributed by atoms with Crippen molar-refractivity contribution in [3.63, 3.8) is 0 Å². The van der Waals surface area contributed by atoms with Gasteiger partial charge in [-0.05, 0) is 42.7 Å². The molecule has 3 heterocycles. The highest BCUT2D eigenvalue weighted by molar-refractivity contribution is 7.17. The van der Waals surface area contributed by atoms with Crippen LogP contribution < -0.4 is 15.5 Å². The van der Waals surface area contributed by atoms with Gasteiger partial charge in [-0.2, -0.15) is 5.10 Å². The fraction of sp³-hybridized carbons (Fsp3) is 0.308. The fourth-order valence-electron chi connectivity index (χ4n) is 3.86. The summed E-state index contributed by atoms with van der Waals surface area (Å²) in [5.41, 5.74) is 2.45. The number of fused-ring (bicyclic) bond motifs is 1. The van der Waals surface area contributed by atoms with Gasteiger partial charge in [0.05, 0.1) is 16.6 Å². The maximum atomic E-state index is 13.1. The summed E-state index contributed by atoms with van der Waals surface area (Å²) in [6, 6.07) is 9.02. The van der Waals surface area contributed by atoms with Gasteiger partial charge >= 0.3 is 0 Å². The quantitative estimate of drug-likeness (QED) is 0.281. The summed E-state index contributed by atoms with van der Waals surface area (Å²) in [6.45, 7) is 8.34. The van der Waals surface area contributed by atoms with E-state index in [1.54, 1.807) is 36.5 Å². The van der Waals surface area contributed by atoms with Crippen molar-refractivity contribution >= 4 is 51.5 Å². The van der Waals surface area contributed by atoms with Crippen LogP contribution in [0.3, 0.4) is 0 Å². The Morgan fingerprint density at radius 2 is 1.89 bits per heavy atom. The maximum absolute atomic E-state index is 13.1. The molecule has 1 aromatic carbocycles. The third-order valence-corrected chi connectivity index (χ3v) is 6.77. The van der Waals surface area contributed by atoms with Crippen molar-refractivity contribution in [3.05, 3.63) is 53.2 Å². The van der Waals surface area contributed by atoms with E-state index in [-0.39, 0.29) is 23.1 Å². The average molecular weight is 507 g/mol. The molecule has 0 bridgehead atoms. The van der Waals surface area contributed by atoms with Crippen LogP contribution in [-0.2, 0) is 4.79 Å². The Kier molecular flexibility index (Phi) is 6.98. The maximum Gasteiger partial charge on any atom is 0.266 e. The van der Waals surface area contributed by atoms with E-state index in [0.717, 1.165) is 10.4 Å². The molecule has 0 aliphatic carbocycles. The van der Waals surface area contributed by atoms with Gasteiger partial charge in [0.25, 0.3) is 11.8 Å². The number of carbonyl (C=O) groups excluding carboxylic acids is 3. The van der Waals surface area contributed by atoms with Gasteiger partial charge in [-0.3, -0.25) is 19.5 Å². The zero-order valence-electron chi connectivity index (χ0n) is 21.0. The van der Waals surface area contributed by atoms with Crippen LogP contribution in [0.5, 0.6) is 0 Å². The number of aromatic amines is 2. The minimum atomic E-state index is -0.329. The lowest BCUT2D eigenvalue weighted by atomic mass is 9.91. The Hall–Kier alpha value is -3.92. The van der Waals surface area contributed by atoms with Crippen LogP contribution >= 0.6 is 11.3 Å². The van der Waals surface area contributed by atoms with Gasteiger partial charge in [-0.1, -0.05) is 20.8 Å². The molecule has 10 heteroatoms. The number of benzene rings is 1. The van der Waals surface area contributed by atoms with E-state index in [0.29, 0.717) is 45.8 Å². The zero-order valence-corrected chi connectivity index (χ0v) is 21.8. The number of carbonyl (C=O) groups is 3. The second-order valence-corrected chi connectivity index (χ2v) is 10.8. The van der Waals surface area contributed by atoms with Crippen molar-refractivity contribution in [2.24, 2.45) is 5.41 Å². The van der Waals surface area contributed by atoms with Gasteiger partial charge in [-0.25, -0.2) is 0 Å². The van der Waals surface area contributed by atoms with Crippen LogP contribution in [0.1, 0.15) is 54.1 Å². The lowest BCUT2D eigenvalue weighted by Crippen LogP contribution is -2.29. The van der Waals surface area contributed by atoms with Crippen molar-refractivity contribution in [1.29, 1.82) is 0 Å². The Labute approximate surface area is 213 Å². The summed E-state index contributed by atoms with van der Waals surface area (Å²) in [4.78, 5) is 45.0. The molecular formula is C26H30N6O3S. The lowest BCUT2D eigenvalue weighted by molar-refractivity contribution is -0.120. The number of amides is 3. The SMILES string of the molecule is CCNC(=O)c1c(NC(=O)c2ccc(-c3cn[nH]c3)s2)[nH]c2cc(N(C)C(=O)CC(C)(C)C)ccc12. The molecule has 0 atom stereocenters. The standard InChI is InChI=1S/C26H30N6O3S/c1-6-27-25(35)22-17-8-7-16(32(5)21(33)12-26(2,3)4)11-18(17)30-23(22)31-24(34)20-10-9-19(36-20)15-13-28-29-14-15/h7-11,13-14,30H,6,12H2,1-5H3,(H,27,35)(H,28,29)(H,31,34). The predicted octanol–water partition coefficient (Wildman–Crippen LogP) is 5.02. The van der Waals surface area contributed by atoms with Crippen LogP contribution in [-0.4, -0.2) is 46.5 Å². The minimum Gasteiger partial charge on any atom is -0.352 e. The van der Waals surface area contributed by atoms with Gasteiger partial charge in [0, 0.05) is 53.2 Å². The first kappa shape index (κ1) is 25.2. The molecule has 0 spiro atoms. The number of aromatic nitrogens is 3. The summed E-state index contributed by atoms with van der Waals surface area (Å²) in [7, 11) is 1.74. The number of nitrogens with zero attached hydrogens (tertiary/aromatic N) is 2. The second-order valence-electron chi connectivity index (χ2n) is 9.76. The highest BCUT2D eigenvalue weighted by Gasteiger charge is 2.24. The van der Waals surface area contributed by atoms with E-state index < -0.39 is 0 Å². The van der Waals surface area contributed by atoms with Crippen LogP contribution in [0.4, 0.5) is 11.5 Å². The first-order valence-electron chi connectivity index (χ1n) is 11.7. The van der Waals surface area contributed by atoms with Gasteiger partial charge in [0.15, 0.2) is 0 Å². The zero-order chi connectivity index (χ0) is 26.0. The monoisotopic (exact) mass is 506 g/mol. The van der Waals surface area contributed by atoms with E-state index >= 15 is 0 Å². The number of thiophene rings is 1. The molecule has 0 saturated carbocycles. The molecule has 3 aromatic heterocycles. The summed E-state index contributed by atoms with van der Waals surface area (Å²) in [6.07, 6.45) is 3.86. The molecule has 0 fully saturated rings. The van der Waals surface area contributed by atoms with Crippen LogP contribution in [0.25, 0.3) is 21.3 Å². The van der Waals surface area contributed by atoms with E-state index in [9.17, 15) is 14.4 Å². The number of hydrogen-bond donors (Lipinski definition) is 4. The second kappa shape index (κ2) is 9.98. The molecule has 4 rings (SSSR count). The Morgan fingerprint density at radius 3 is 2.56 bits per heavy atom. The van der Waals surface area contributed by atoms with E-state index in [1.165, 1.54) is 11.3 Å². The normalized spacial score (nSPS) is 11.5. The van der Waals surface area contributed by atoms with Crippen molar-refractivity contribution in [2.45, 2.75) is 34.1 Å². The van der Waals surface area contributed by atoms with Crippen molar-refractivity contribution < 1.29 is 14.4 Å². The van der Waals surface area contributed by atoms with Gasteiger partial charge in [0.1, 0.15) is 5.82 Å². The average Bonchev–Trinajstić information content (AvgIpc) is 3.56. The Balaban J connectivity index is 1.66. The van der Waals surface area contributed by atoms with Crippen LogP contribution in [0.2, 0.25) is 0 Å². The molecule has 4 N–H and O–H groups in total. The van der Waals surface area contributed by atoms with E-state index in [1.807, 2.05) is 45.9 Å². The van der Waals surface area contributed by atoms with Gasteiger partial charge < -0.3 is 20.5 Å². The minimum absolute atomic E-state index is 0.00277. The van der Waals surface area contributed by atoms with Gasteiger partial charge in [-0.15, -0.1) is 11.3 Å². The topological polar surface area (TPSA) is 123 Å². The van der Waals surface area contributed by atoms with Crippen molar-refractivity contribution in [3.8, 4) is 10.4 Å². The van der Waals surface area contributed by atoms with E-state index in [4.69, 9.17) is 0 Å². The molecule has 36 heavy (non-hydrogen) atoms. The van der Waals surface area contributed by atoms with E-state index in [2.05, 4.69) is 25.8 Å². The van der Waals surface area contributed by atoms with Crippen LogP contribution in [0.15, 0.2) is 42.7 Å². The Bertz CT molecular complexity index is 1410. The summed E-state index contributed by atoms with van der Waals surface area (Å²) in [5.74, 6) is -0.323. The summed E-state index contributed by atoms with van der Waals surface area (Å²) in [5, 5.41) is 13.1. The number of hydrogen-bond acceptors (Lipinski definition) is 5. The lowest BCUT2D eigenvalue weighted by Gasteiger charge is -2.23. The van der Waals surface area contributed by atoms with Gasteiger partial charge in [0.2, 0.25) is 5.91 Å². The summed E-state index contributed by atoms with van der Waals surface area (Å²) >= 11 is 1.33. The molecule has 4 aromatic rings. The van der Waals surface area contributed by atoms with Crippen molar-refractivity contribution in [1.82, 2.24) is 20.5 Å². The van der Waals surface area contributed by atoms with Crippen molar-refractivity contribution in [2.75, 3.05) is 23.8 Å². The third kappa shape index (κ3) is 5.33. The number of anilines is 2. The summed E-state index contributed by atoms with van der Waals surface area (Å²) < 4.78 is 0. The highest BCUT2D eigenvalue weighted by atomic mass is 32.1. The van der Waals surface area contributed by atoms with Crippen LogP contribution in [0, 0.1) is 5.41 Å². The molecular weight excluding hydrogens is 476 g/mol. The number of rotatable bonds is 7. The molecule has 0 aliphatic heterocycles.